The van der Waals surface area contributed by atoms with Crippen molar-refractivity contribution in [1.82, 2.24) is 19.8 Å². The van der Waals surface area contributed by atoms with Crippen LogP contribution < -0.4 is 5.32 Å². The minimum Gasteiger partial charge on any atom is -0.357 e. The predicted octanol–water partition coefficient (Wildman–Crippen LogP) is 2.81. The Morgan fingerprint density at radius 3 is 2.83 bits per heavy atom. The van der Waals surface area contributed by atoms with Gasteiger partial charge in [-0.2, -0.15) is 0 Å². The van der Waals surface area contributed by atoms with Crippen LogP contribution in [0.1, 0.15) is 51.3 Å². The van der Waals surface area contributed by atoms with Gasteiger partial charge in [0.2, 0.25) is 0 Å². The predicted molar refractivity (Wildman–Crippen MR) is 94.7 cm³/mol. The normalized spacial score (nSPS) is 21.1. The van der Waals surface area contributed by atoms with Crippen molar-refractivity contribution < 1.29 is 0 Å². The summed E-state index contributed by atoms with van der Waals surface area (Å²) in [5.41, 5.74) is 0.579. The molecule has 1 N–H and O–H groups in total. The first-order valence-corrected chi connectivity index (χ1v) is 9.23. The quantitative estimate of drug-likeness (QED) is 0.686. The zero-order valence-electron chi connectivity index (χ0n) is 14.7. The average molecular weight is 317 g/mol. The Labute approximate surface area is 140 Å². The van der Waals surface area contributed by atoms with Crippen molar-refractivity contribution in [1.29, 1.82) is 0 Å². The molecular formula is C18H31N5. The van der Waals surface area contributed by atoms with E-state index in [9.17, 15) is 0 Å². The maximum atomic E-state index is 4.87. The van der Waals surface area contributed by atoms with Crippen LogP contribution in [-0.2, 0) is 6.54 Å². The van der Waals surface area contributed by atoms with Gasteiger partial charge in [-0.25, -0.2) is 4.98 Å². The second kappa shape index (κ2) is 7.37. The zero-order valence-corrected chi connectivity index (χ0v) is 14.7. The van der Waals surface area contributed by atoms with Crippen molar-refractivity contribution in [3.05, 3.63) is 18.2 Å². The van der Waals surface area contributed by atoms with Crippen molar-refractivity contribution in [3.63, 3.8) is 0 Å². The minimum atomic E-state index is 0.579. The first kappa shape index (κ1) is 16.3. The van der Waals surface area contributed by atoms with Crippen LogP contribution in [0.3, 0.4) is 0 Å². The van der Waals surface area contributed by atoms with Crippen LogP contribution in [0, 0.1) is 12.3 Å². The highest BCUT2D eigenvalue weighted by molar-refractivity contribution is 5.80. The lowest BCUT2D eigenvalue weighted by Crippen LogP contribution is -2.41. The zero-order chi connectivity index (χ0) is 16.1. The molecule has 2 aliphatic rings. The lowest BCUT2D eigenvalue weighted by molar-refractivity contribution is 0.203. The summed E-state index contributed by atoms with van der Waals surface area (Å²) < 4.78 is 2.17. The van der Waals surface area contributed by atoms with E-state index >= 15 is 0 Å². The van der Waals surface area contributed by atoms with Crippen LogP contribution in [0.5, 0.6) is 0 Å². The van der Waals surface area contributed by atoms with E-state index in [1.165, 1.54) is 45.1 Å². The van der Waals surface area contributed by atoms with E-state index in [1.54, 1.807) is 0 Å². The Bertz CT molecular complexity index is 527. The average Bonchev–Trinajstić information content (AvgIpc) is 3.15. The van der Waals surface area contributed by atoms with Crippen molar-refractivity contribution in [2.45, 2.75) is 58.9 Å². The SMILES string of the molecule is CCNC(=NCCn1ccnc1C)N1CCC2(CCCCC2)C1. The Hall–Kier alpha value is -1.52. The van der Waals surface area contributed by atoms with Gasteiger partial charge in [0.25, 0.3) is 0 Å². The summed E-state index contributed by atoms with van der Waals surface area (Å²) in [5, 5.41) is 3.49. The number of rotatable bonds is 4. The molecule has 1 aliphatic heterocycles. The molecule has 1 saturated carbocycles. The summed E-state index contributed by atoms with van der Waals surface area (Å²) in [5.74, 6) is 2.17. The first-order valence-electron chi connectivity index (χ1n) is 9.23. The lowest BCUT2D eigenvalue weighted by atomic mass is 9.73. The van der Waals surface area contributed by atoms with Gasteiger partial charge in [0.15, 0.2) is 5.96 Å². The molecule has 1 spiro atoms. The molecule has 0 unspecified atom stereocenters. The third kappa shape index (κ3) is 3.88. The fourth-order valence-electron chi connectivity index (χ4n) is 4.16. The number of hydrogen-bond donors (Lipinski definition) is 1. The Morgan fingerprint density at radius 2 is 2.13 bits per heavy atom. The molecule has 2 fully saturated rings. The van der Waals surface area contributed by atoms with Gasteiger partial charge in [-0.05, 0) is 38.5 Å². The molecular weight excluding hydrogens is 286 g/mol. The molecule has 5 nitrogen and oxygen atoms in total. The van der Waals surface area contributed by atoms with Gasteiger partial charge < -0.3 is 14.8 Å². The van der Waals surface area contributed by atoms with Crippen molar-refractivity contribution in [3.8, 4) is 0 Å². The number of nitrogens with one attached hydrogen (secondary N) is 1. The van der Waals surface area contributed by atoms with Crippen LogP contribution >= 0.6 is 0 Å². The van der Waals surface area contributed by atoms with Crippen LogP contribution in [0.25, 0.3) is 0 Å². The second-order valence-electron chi connectivity index (χ2n) is 7.14. The Kier molecular flexibility index (Phi) is 5.23. The van der Waals surface area contributed by atoms with Gasteiger partial charge >= 0.3 is 0 Å². The van der Waals surface area contributed by atoms with E-state index in [1.807, 2.05) is 19.3 Å². The number of nitrogens with zero attached hydrogens (tertiary/aromatic N) is 4. The van der Waals surface area contributed by atoms with E-state index in [0.29, 0.717) is 5.41 Å². The molecule has 0 aromatic carbocycles. The molecule has 1 aliphatic carbocycles. The fraction of sp³-hybridized carbons (Fsp3) is 0.778. The summed E-state index contributed by atoms with van der Waals surface area (Å²) in [6.07, 6.45) is 12.3. The molecule has 23 heavy (non-hydrogen) atoms. The molecule has 5 heteroatoms. The highest BCUT2D eigenvalue weighted by atomic mass is 15.3. The summed E-state index contributed by atoms with van der Waals surface area (Å²) in [6.45, 7) is 9.21. The standard InChI is InChI=1S/C18H31N5/c1-3-19-17(21-11-14-22-13-10-20-16(22)2)23-12-9-18(15-23)7-5-4-6-8-18/h10,13H,3-9,11-12,14-15H2,1-2H3,(H,19,21). The smallest absolute Gasteiger partial charge is 0.193 e. The van der Waals surface area contributed by atoms with Crippen LogP contribution in [0.15, 0.2) is 17.4 Å². The maximum absolute atomic E-state index is 4.87. The van der Waals surface area contributed by atoms with Crippen LogP contribution in [0.4, 0.5) is 0 Å². The molecule has 1 aromatic heterocycles. The monoisotopic (exact) mass is 317 g/mol. The number of aromatic nitrogens is 2. The number of aliphatic imine (C=N–C) groups is 1. The third-order valence-electron chi connectivity index (χ3n) is 5.51. The molecule has 0 radical (unpaired) electrons. The van der Waals surface area contributed by atoms with E-state index < -0.39 is 0 Å². The molecule has 0 amide bonds. The van der Waals surface area contributed by atoms with Gasteiger partial charge in [-0.15, -0.1) is 0 Å². The highest BCUT2D eigenvalue weighted by Gasteiger charge is 2.39. The van der Waals surface area contributed by atoms with Gasteiger partial charge in [0.05, 0.1) is 6.54 Å². The van der Waals surface area contributed by atoms with Crippen molar-refractivity contribution in [2.24, 2.45) is 10.4 Å². The molecule has 3 rings (SSSR count). The minimum absolute atomic E-state index is 0.579. The summed E-state index contributed by atoms with van der Waals surface area (Å²) in [6, 6.07) is 0. The first-order chi connectivity index (χ1) is 11.2. The van der Waals surface area contributed by atoms with Crippen molar-refractivity contribution in [2.75, 3.05) is 26.2 Å². The Balaban J connectivity index is 1.59. The highest BCUT2D eigenvalue weighted by Crippen LogP contribution is 2.43. The third-order valence-corrected chi connectivity index (χ3v) is 5.51. The van der Waals surface area contributed by atoms with E-state index in [2.05, 4.69) is 26.7 Å². The number of hydrogen-bond acceptors (Lipinski definition) is 2. The number of aryl methyl sites for hydroxylation is 1. The van der Waals surface area contributed by atoms with E-state index in [0.717, 1.165) is 38.0 Å². The van der Waals surface area contributed by atoms with Gasteiger partial charge in [-0.3, -0.25) is 4.99 Å². The molecule has 1 aromatic rings. The maximum Gasteiger partial charge on any atom is 0.193 e. The molecule has 128 valence electrons. The number of guanidine groups is 1. The second-order valence-corrected chi connectivity index (χ2v) is 7.14. The largest absolute Gasteiger partial charge is 0.357 e. The van der Waals surface area contributed by atoms with Gasteiger partial charge in [0, 0.05) is 38.6 Å². The summed E-state index contributed by atoms with van der Waals surface area (Å²) >= 11 is 0. The molecule has 0 atom stereocenters. The van der Waals surface area contributed by atoms with Gasteiger partial charge in [-0.1, -0.05) is 19.3 Å². The van der Waals surface area contributed by atoms with E-state index in [-0.39, 0.29) is 0 Å². The fourth-order valence-corrected chi connectivity index (χ4v) is 4.16. The summed E-state index contributed by atoms with van der Waals surface area (Å²) in [4.78, 5) is 11.6. The lowest BCUT2D eigenvalue weighted by Gasteiger charge is -2.33. The summed E-state index contributed by atoms with van der Waals surface area (Å²) in [7, 11) is 0. The van der Waals surface area contributed by atoms with Crippen LogP contribution in [0.2, 0.25) is 0 Å². The number of imidazole rings is 1. The topological polar surface area (TPSA) is 45.5 Å². The molecule has 2 heterocycles. The van der Waals surface area contributed by atoms with Crippen molar-refractivity contribution >= 4 is 5.96 Å². The Morgan fingerprint density at radius 1 is 1.30 bits per heavy atom. The van der Waals surface area contributed by atoms with Gasteiger partial charge in [0.1, 0.15) is 5.82 Å². The molecule has 0 bridgehead atoms. The molecule has 1 saturated heterocycles. The number of likely N-dealkylation sites (tertiary alicyclic amines) is 1. The van der Waals surface area contributed by atoms with Crippen LogP contribution in [-0.4, -0.2) is 46.6 Å². The van der Waals surface area contributed by atoms with E-state index in [4.69, 9.17) is 4.99 Å².